The summed E-state index contributed by atoms with van der Waals surface area (Å²) in [6.07, 6.45) is 2.33. The number of carbonyl (C=O) groups is 1. The van der Waals surface area contributed by atoms with Crippen LogP contribution in [0, 0.1) is 6.92 Å². The van der Waals surface area contributed by atoms with Gasteiger partial charge in [-0.15, -0.1) is 0 Å². The Morgan fingerprint density at radius 1 is 1.07 bits per heavy atom. The third-order valence-corrected chi connectivity index (χ3v) is 4.86. The van der Waals surface area contributed by atoms with Gasteiger partial charge in [-0.3, -0.25) is 4.79 Å². The molecule has 4 rings (SSSR count). The minimum absolute atomic E-state index is 0.0505. The molecule has 27 heavy (non-hydrogen) atoms. The molecule has 0 unspecified atom stereocenters. The Labute approximate surface area is 159 Å². The Balaban J connectivity index is 1.45. The molecule has 1 amide bonds. The fourth-order valence-electron chi connectivity index (χ4n) is 3.42. The monoisotopic (exact) mass is 358 g/mol. The summed E-state index contributed by atoms with van der Waals surface area (Å²) in [4.78, 5) is 23.2. The van der Waals surface area contributed by atoms with Gasteiger partial charge in [0.2, 0.25) is 0 Å². The Morgan fingerprint density at radius 2 is 1.93 bits per heavy atom. The molecule has 0 saturated heterocycles. The Kier molecular flexibility index (Phi) is 4.83. The van der Waals surface area contributed by atoms with Gasteiger partial charge in [-0.2, -0.15) is 0 Å². The van der Waals surface area contributed by atoms with Gasteiger partial charge in [-0.25, -0.2) is 9.97 Å². The van der Waals surface area contributed by atoms with Crippen molar-refractivity contribution < 1.29 is 4.79 Å². The summed E-state index contributed by atoms with van der Waals surface area (Å²) in [5, 5.41) is 3.28. The molecule has 2 aromatic carbocycles. The van der Waals surface area contributed by atoms with Crippen LogP contribution in [-0.4, -0.2) is 27.3 Å². The van der Waals surface area contributed by atoms with Gasteiger partial charge >= 0.3 is 0 Å². The zero-order chi connectivity index (χ0) is 18.6. The number of hydrogen-bond acceptors (Lipinski definition) is 4. The van der Waals surface area contributed by atoms with Gasteiger partial charge in [0.15, 0.2) is 0 Å². The lowest BCUT2D eigenvalue weighted by Crippen LogP contribution is -2.36. The topological polar surface area (TPSA) is 58.1 Å². The first-order valence-corrected chi connectivity index (χ1v) is 9.16. The number of carbonyl (C=O) groups excluding carboxylic acids is 1. The molecule has 0 fully saturated rings. The summed E-state index contributed by atoms with van der Waals surface area (Å²) >= 11 is 0. The molecule has 5 heteroatoms. The van der Waals surface area contributed by atoms with E-state index in [0.717, 1.165) is 6.42 Å². The number of nitrogens with one attached hydrogen (secondary N) is 1. The van der Waals surface area contributed by atoms with Gasteiger partial charge in [-0.1, -0.05) is 54.1 Å². The molecule has 0 radical (unpaired) electrons. The number of fused-ring (bicyclic) bond motifs is 1. The van der Waals surface area contributed by atoms with E-state index in [9.17, 15) is 4.79 Å². The van der Waals surface area contributed by atoms with E-state index in [-0.39, 0.29) is 5.91 Å². The third kappa shape index (κ3) is 3.97. The number of aryl methyl sites for hydroxylation is 1. The lowest BCUT2D eigenvalue weighted by atomic mass is 10.00. The zero-order valence-electron chi connectivity index (χ0n) is 15.4. The predicted octanol–water partition coefficient (Wildman–Crippen LogP) is 3.60. The quantitative estimate of drug-likeness (QED) is 0.774. The second-order valence-electron chi connectivity index (χ2n) is 6.88. The van der Waals surface area contributed by atoms with Gasteiger partial charge in [0.05, 0.1) is 0 Å². The van der Waals surface area contributed by atoms with Crippen molar-refractivity contribution in [1.29, 1.82) is 0 Å². The smallest absolute Gasteiger partial charge is 0.272 e. The van der Waals surface area contributed by atoms with Crippen LogP contribution in [0.2, 0.25) is 0 Å². The van der Waals surface area contributed by atoms with Crippen molar-refractivity contribution in [3.05, 3.63) is 88.9 Å². The fraction of sp³-hybridized carbons (Fsp3) is 0.227. The molecule has 1 aromatic heterocycles. The van der Waals surface area contributed by atoms with Gasteiger partial charge in [0.25, 0.3) is 5.91 Å². The third-order valence-electron chi connectivity index (χ3n) is 4.86. The summed E-state index contributed by atoms with van der Waals surface area (Å²) < 4.78 is 0. The molecule has 0 spiro atoms. The fourth-order valence-corrected chi connectivity index (χ4v) is 3.42. The van der Waals surface area contributed by atoms with Crippen LogP contribution in [0.25, 0.3) is 0 Å². The molecule has 0 aliphatic carbocycles. The van der Waals surface area contributed by atoms with Crippen molar-refractivity contribution in [3.8, 4) is 0 Å². The highest BCUT2D eigenvalue weighted by atomic mass is 16.2. The molecular formula is C22H22N4O. The maximum atomic E-state index is 12.9. The largest absolute Gasteiger partial charge is 0.366 e. The van der Waals surface area contributed by atoms with Crippen molar-refractivity contribution in [3.63, 3.8) is 0 Å². The summed E-state index contributed by atoms with van der Waals surface area (Å²) in [6, 6.07) is 18.3. The van der Waals surface area contributed by atoms with Crippen LogP contribution in [0.15, 0.2) is 60.9 Å². The first kappa shape index (κ1) is 17.2. The minimum Gasteiger partial charge on any atom is -0.366 e. The van der Waals surface area contributed by atoms with E-state index in [1.807, 2.05) is 23.1 Å². The van der Waals surface area contributed by atoms with E-state index < -0.39 is 0 Å². The zero-order valence-corrected chi connectivity index (χ0v) is 15.4. The lowest BCUT2D eigenvalue weighted by Gasteiger charge is -2.28. The maximum absolute atomic E-state index is 12.9. The summed E-state index contributed by atoms with van der Waals surface area (Å²) in [5.74, 6) is 0.609. The van der Waals surface area contributed by atoms with Crippen molar-refractivity contribution in [2.45, 2.75) is 26.4 Å². The van der Waals surface area contributed by atoms with Crippen molar-refractivity contribution in [2.75, 3.05) is 11.9 Å². The van der Waals surface area contributed by atoms with Gasteiger partial charge < -0.3 is 10.2 Å². The second kappa shape index (κ2) is 7.58. The van der Waals surface area contributed by atoms with E-state index in [1.165, 1.54) is 28.6 Å². The molecule has 2 heterocycles. The van der Waals surface area contributed by atoms with Crippen LogP contribution in [0.4, 0.5) is 5.82 Å². The van der Waals surface area contributed by atoms with Crippen molar-refractivity contribution in [2.24, 2.45) is 0 Å². The first-order valence-electron chi connectivity index (χ1n) is 9.16. The number of rotatable bonds is 4. The van der Waals surface area contributed by atoms with Gasteiger partial charge in [0.1, 0.15) is 17.8 Å². The average molecular weight is 358 g/mol. The summed E-state index contributed by atoms with van der Waals surface area (Å²) in [5.41, 5.74) is 5.36. The molecule has 1 aliphatic rings. The van der Waals surface area contributed by atoms with Crippen LogP contribution in [0.5, 0.6) is 0 Å². The molecule has 0 atom stereocenters. The molecule has 136 valence electrons. The molecule has 0 saturated carbocycles. The van der Waals surface area contributed by atoms with E-state index >= 15 is 0 Å². The number of anilines is 1. The normalized spacial score (nSPS) is 13.1. The van der Waals surface area contributed by atoms with Gasteiger partial charge in [-0.05, 0) is 30.0 Å². The van der Waals surface area contributed by atoms with E-state index in [1.54, 1.807) is 6.07 Å². The molecule has 1 aliphatic heterocycles. The SMILES string of the molecule is Cc1cccc(CNc2cc(C(=O)N3CCc4ccccc4C3)ncn2)c1. The number of aromatic nitrogens is 2. The Morgan fingerprint density at radius 3 is 2.78 bits per heavy atom. The Bertz CT molecular complexity index is 970. The van der Waals surface area contributed by atoms with Crippen LogP contribution in [0.3, 0.4) is 0 Å². The molecule has 5 nitrogen and oxygen atoms in total. The highest BCUT2D eigenvalue weighted by molar-refractivity contribution is 5.93. The second-order valence-corrected chi connectivity index (χ2v) is 6.88. The molecule has 0 bridgehead atoms. The van der Waals surface area contributed by atoms with Gasteiger partial charge in [0, 0.05) is 25.7 Å². The number of benzene rings is 2. The molecule has 1 N–H and O–H groups in total. The number of nitrogens with zero attached hydrogens (tertiary/aromatic N) is 3. The van der Waals surface area contributed by atoms with E-state index in [2.05, 4.69) is 52.5 Å². The molecular weight excluding hydrogens is 336 g/mol. The Hall–Kier alpha value is -3.21. The standard InChI is InChI=1S/C22H22N4O/c1-16-5-4-6-17(11-16)13-23-21-12-20(24-15-25-21)22(27)26-10-9-18-7-2-3-8-19(18)14-26/h2-8,11-12,15H,9-10,13-14H2,1H3,(H,23,24,25). The minimum atomic E-state index is -0.0505. The maximum Gasteiger partial charge on any atom is 0.272 e. The van der Waals surface area contributed by atoms with E-state index in [0.29, 0.717) is 31.1 Å². The van der Waals surface area contributed by atoms with Crippen LogP contribution in [-0.2, 0) is 19.5 Å². The van der Waals surface area contributed by atoms with Crippen molar-refractivity contribution >= 4 is 11.7 Å². The first-order chi connectivity index (χ1) is 13.2. The number of hydrogen-bond donors (Lipinski definition) is 1. The highest BCUT2D eigenvalue weighted by Gasteiger charge is 2.22. The predicted molar refractivity (Wildman–Crippen MR) is 105 cm³/mol. The van der Waals surface area contributed by atoms with Crippen LogP contribution in [0.1, 0.15) is 32.7 Å². The van der Waals surface area contributed by atoms with Crippen molar-refractivity contribution in [1.82, 2.24) is 14.9 Å². The van der Waals surface area contributed by atoms with Crippen LogP contribution >= 0.6 is 0 Å². The summed E-state index contributed by atoms with van der Waals surface area (Å²) in [6.45, 7) is 4.07. The average Bonchev–Trinajstić information content (AvgIpc) is 2.71. The van der Waals surface area contributed by atoms with E-state index in [4.69, 9.17) is 0 Å². The highest BCUT2D eigenvalue weighted by Crippen LogP contribution is 2.20. The summed E-state index contributed by atoms with van der Waals surface area (Å²) in [7, 11) is 0. The van der Waals surface area contributed by atoms with Crippen LogP contribution < -0.4 is 5.32 Å². The molecule has 3 aromatic rings. The number of amides is 1. The lowest BCUT2D eigenvalue weighted by molar-refractivity contribution is 0.0728.